The van der Waals surface area contributed by atoms with Gasteiger partial charge in [0.1, 0.15) is 26.2 Å². The Hall–Kier alpha value is -3.13. The number of ether oxygens (including phenoxy) is 2. The van der Waals surface area contributed by atoms with Crippen LogP contribution in [0.15, 0.2) is 42.6 Å². The number of carbonyl (C=O) groups is 2. The van der Waals surface area contributed by atoms with Crippen LogP contribution in [0.4, 0.5) is 11.5 Å². The van der Waals surface area contributed by atoms with Crippen molar-refractivity contribution in [3.05, 3.63) is 42.6 Å². The Balaban J connectivity index is 1.46. The Morgan fingerprint density at radius 2 is 1.79 bits per heavy atom. The third kappa shape index (κ3) is 3.63. The summed E-state index contributed by atoms with van der Waals surface area (Å²) in [6.45, 7) is 3.30. The number of hydrogen-bond acceptors (Lipinski definition) is 5. The van der Waals surface area contributed by atoms with Gasteiger partial charge in [0.2, 0.25) is 5.91 Å². The van der Waals surface area contributed by atoms with Crippen LogP contribution < -0.4 is 29.2 Å². The highest BCUT2D eigenvalue weighted by atomic mass is 16.5. The van der Waals surface area contributed by atoms with Crippen molar-refractivity contribution in [1.82, 2.24) is 0 Å². The first-order chi connectivity index (χ1) is 14.1. The lowest BCUT2D eigenvalue weighted by molar-refractivity contribution is -0.915. The quantitative estimate of drug-likeness (QED) is 0.691. The lowest BCUT2D eigenvalue weighted by atomic mass is 10.1. The first kappa shape index (κ1) is 19.2. The fourth-order valence-corrected chi connectivity index (χ4v) is 4.15. The second-order valence-corrected chi connectivity index (χ2v) is 7.26. The van der Waals surface area contributed by atoms with Crippen LogP contribution in [0.1, 0.15) is 6.42 Å². The summed E-state index contributed by atoms with van der Waals surface area (Å²) in [7, 11) is 3.09. The highest BCUT2D eigenvalue weighted by Gasteiger charge is 2.47. The largest absolute Gasteiger partial charge is 0.493 e. The summed E-state index contributed by atoms with van der Waals surface area (Å²) in [5, 5.41) is 0. The number of nitrogens with zero attached hydrogens (tertiary/aromatic N) is 2. The van der Waals surface area contributed by atoms with Gasteiger partial charge in [-0.15, -0.1) is 0 Å². The van der Waals surface area contributed by atoms with Gasteiger partial charge in [-0.05, 0) is 18.2 Å². The Kier molecular flexibility index (Phi) is 5.35. The maximum Gasteiger partial charge on any atom is 0.292 e. The molecule has 4 rings (SSSR count). The first-order valence-electron chi connectivity index (χ1n) is 9.77. The smallest absolute Gasteiger partial charge is 0.292 e. The van der Waals surface area contributed by atoms with E-state index in [0.717, 1.165) is 32.0 Å². The fourth-order valence-electron chi connectivity index (χ4n) is 4.15. The summed E-state index contributed by atoms with van der Waals surface area (Å²) in [5.74, 6) is 1.82. The molecule has 1 aromatic carbocycles. The van der Waals surface area contributed by atoms with Crippen molar-refractivity contribution in [3.8, 4) is 11.5 Å². The summed E-state index contributed by atoms with van der Waals surface area (Å²) in [6.07, 6.45) is 2.15. The number of aromatic amines is 1. The molecule has 0 spiro atoms. The number of pyridine rings is 1. The van der Waals surface area contributed by atoms with Crippen molar-refractivity contribution in [2.75, 3.05) is 50.2 Å². The summed E-state index contributed by atoms with van der Waals surface area (Å²) in [5.41, 5.74) is 0.525. The average molecular weight is 398 g/mol. The number of H-pyrrole nitrogens is 1. The van der Waals surface area contributed by atoms with Gasteiger partial charge in [0.05, 0.1) is 32.5 Å². The van der Waals surface area contributed by atoms with Gasteiger partial charge in [-0.1, -0.05) is 6.07 Å². The molecule has 8 nitrogen and oxygen atoms in total. The maximum atomic E-state index is 13.1. The summed E-state index contributed by atoms with van der Waals surface area (Å²) in [4.78, 5) is 33.8. The standard InChI is InChI=1S/C21H24N4O4/c1-28-17-7-6-15(13-18(17)29-2)25-20(26)14-16(21(25)27)23-9-11-24(12-10-23)19-5-3-4-8-22-19/h3-8,13,16H,9-12,14H2,1-2H3/p+2/t16-/m0/s1. The molecule has 2 N–H and O–H groups in total. The van der Waals surface area contributed by atoms with Crippen molar-refractivity contribution in [1.29, 1.82) is 0 Å². The minimum Gasteiger partial charge on any atom is -0.493 e. The van der Waals surface area contributed by atoms with E-state index in [-0.39, 0.29) is 24.3 Å². The number of aromatic nitrogens is 1. The average Bonchev–Trinajstić information content (AvgIpc) is 3.07. The number of quaternary nitrogens is 1. The van der Waals surface area contributed by atoms with Crippen molar-refractivity contribution >= 4 is 23.3 Å². The normalized spacial score (nSPS) is 20.3. The second kappa shape index (κ2) is 8.08. The molecule has 1 aromatic heterocycles. The van der Waals surface area contributed by atoms with E-state index in [2.05, 4.69) is 9.88 Å². The highest BCUT2D eigenvalue weighted by Crippen LogP contribution is 2.33. The van der Waals surface area contributed by atoms with Crippen LogP contribution >= 0.6 is 0 Å². The van der Waals surface area contributed by atoms with Crippen LogP contribution in [0.5, 0.6) is 11.5 Å². The second-order valence-electron chi connectivity index (χ2n) is 7.26. The molecular formula is C21H26N4O4+2. The Labute approximate surface area is 169 Å². The van der Waals surface area contributed by atoms with Gasteiger partial charge in [0.25, 0.3) is 11.7 Å². The molecule has 2 aliphatic heterocycles. The highest BCUT2D eigenvalue weighted by molar-refractivity contribution is 6.22. The van der Waals surface area contributed by atoms with Crippen LogP contribution in [0.2, 0.25) is 0 Å². The van der Waals surface area contributed by atoms with E-state index >= 15 is 0 Å². The fraction of sp³-hybridized carbons (Fsp3) is 0.381. The van der Waals surface area contributed by atoms with E-state index in [0.29, 0.717) is 17.2 Å². The monoisotopic (exact) mass is 398 g/mol. The zero-order valence-corrected chi connectivity index (χ0v) is 16.7. The molecule has 2 fully saturated rings. The van der Waals surface area contributed by atoms with E-state index in [1.54, 1.807) is 25.3 Å². The zero-order valence-electron chi connectivity index (χ0n) is 16.7. The molecule has 29 heavy (non-hydrogen) atoms. The number of benzene rings is 1. The Morgan fingerprint density at radius 3 is 2.45 bits per heavy atom. The predicted octanol–water partition coefficient (Wildman–Crippen LogP) is -0.445. The molecule has 1 atom stereocenters. The van der Waals surface area contributed by atoms with Crippen LogP contribution in [-0.2, 0) is 9.59 Å². The molecule has 2 amide bonds. The molecular weight excluding hydrogens is 372 g/mol. The third-order valence-corrected chi connectivity index (χ3v) is 5.70. The lowest BCUT2D eigenvalue weighted by Crippen LogP contribution is -3.19. The minimum absolute atomic E-state index is 0.142. The molecule has 0 radical (unpaired) electrons. The van der Waals surface area contributed by atoms with Gasteiger partial charge in [-0.2, -0.15) is 0 Å². The van der Waals surface area contributed by atoms with Gasteiger partial charge in [0, 0.05) is 12.1 Å². The molecule has 2 saturated heterocycles. The number of carbonyl (C=O) groups excluding carboxylic acids is 2. The van der Waals surface area contributed by atoms with Gasteiger partial charge in [0.15, 0.2) is 17.5 Å². The zero-order chi connectivity index (χ0) is 20.4. The van der Waals surface area contributed by atoms with Crippen molar-refractivity contribution in [3.63, 3.8) is 0 Å². The van der Waals surface area contributed by atoms with Crippen molar-refractivity contribution < 1.29 is 28.9 Å². The molecule has 2 aromatic rings. The van der Waals surface area contributed by atoms with E-state index < -0.39 is 0 Å². The number of hydrogen-bond donors (Lipinski definition) is 1. The summed E-state index contributed by atoms with van der Waals surface area (Å²) < 4.78 is 10.6. The lowest BCUT2D eigenvalue weighted by Gasteiger charge is -2.31. The van der Waals surface area contributed by atoms with Crippen LogP contribution in [0.3, 0.4) is 0 Å². The molecule has 0 saturated carbocycles. The molecule has 3 heterocycles. The van der Waals surface area contributed by atoms with Gasteiger partial charge < -0.3 is 14.4 Å². The number of nitrogens with one attached hydrogen (secondary N) is 2. The van der Waals surface area contributed by atoms with Crippen LogP contribution in [-0.4, -0.2) is 58.3 Å². The van der Waals surface area contributed by atoms with Crippen molar-refractivity contribution in [2.45, 2.75) is 12.5 Å². The van der Waals surface area contributed by atoms with E-state index in [1.807, 2.05) is 24.4 Å². The van der Waals surface area contributed by atoms with Crippen LogP contribution in [0, 0.1) is 0 Å². The Bertz CT molecular complexity index is 897. The molecule has 152 valence electrons. The van der Waals surface area contributed by atoms with Crippen LogP contribution in [0.25, 0.3) is 0 Å². The summed E-state index contributed by atoms with van der Waals surface area (Å²) >= 11 is 0. The minimum atomic E-state index is -0.336. The number of piperazine rings is 1. The first-order valence-corrected chi connectivity index (χ1v) is 9.77. The van der Waals surface area contributed by atoms with Crippen molar-refractivity contribution in [2.24, 2.45) is 0 Å². The maximum absolute atomic E-state index is 13.1. The summed E-state index contributed by atoms with van der Waals surface area (Å²) in [6, 6.07) is 10.8. The number of amides is 2. The predicted molar refractivity (Wildman–Crippen MR) is 106 cm³/mol. The van der Waals surface area contributed by atoms with E-state index in [4.69, 9.17) is 9.47 Å². The van der Waals surface area contributed by atoms with E-state index in [9.17, 15) is 9.59 Å². The molecule has 0 unspecified atom stereocenters. The van der Waals surface area contributed by atoms with Gasteiger partial charge in [-0.25, -0.2) is 9.88 Å². The molecule has 2 aliphatic rings. The number of methoxy groups -OCH3 is 2. The number of imide groups is 1. The number of anilines is 2. The molecule has 0 aliphatic carbocycles. The molecule has 0 bridgehead atoms. The molecule has 8 heteroatoms. The number of rotatable bonds is 5. The van der Waals surface area contributed by atoms with Gasteiger partial charge >= 0.3 is 0 Å². The SMILES string of the molecule is COc1ccc(N2C(=O)C[C@H]([NH+]3CCN(c4cccc[nH+]4)CC3)C2=O)cc1OC. The topological polar surface area (TPSA) is 77.7 Å². The third-order valence-electron chi connectivity index (χ3n) is 5.70. The van der Waals surface area contributed by atoms with Gasteiger partial charge in [-0.3, -0.25) is 14.5 Å². The Morgan fingerprint density at radius 1 is 1.03 bits per heavy atom. The van der Waals surface area contributed by atoms with E-state index in [1.165, 1.54) is 16.9 Å².